The van der Waals surface area contributed by atoms with Gasteiger partial charge in [-0.05, 0) is 76.1 Å². The number of benzene rings is 2. The third-order valence-electron chi connectivity index (χ3n) is 7.03. The van der Waals surface area contributed by atoms with E-state index in [1.54, 1.807) is 20.8 Å². The highest BCUT2D eigenvalue weighted by Crippen LogP contribution is 2.44. The maximum Gasteiger partial charge on any atom is 0.407 e. The average molecular weight is 611 g/mol. The Balaban J connectivity index is 1.41. The van der Waals surface area contributed by atoms with Gasteiger partial charge in [-0.15, -0.1) is 0 Å². The highest BCUT2D eigenvalue weighted by Gasteiger charge is 2.30. The van der Waals surface area contributed by atoms with E-state index in [0.29, 0.717) is 12.8 Å². The molecular formula is C32H42N4O8. The Kier molecular flexibility index (Phi) is 11.7. The second-order valence-corrected chi connectivity index (χ2v) is 11.7. The van der Waals surface area contributed by atoms with Crippen molar-refractivity contribution in [1.29, 1.82) is 0 Å². The zero-order chi connectivity index (χ0) is 32.4. The van der Waals surface area contributed by atoms with Crippen LogP contribution in [0.2, 0.25) is 0 Å². The molecule has 2 aromatic carbocycles. The van der Waals surface area contributed by atoms with E-state index in [9.17, 15) is 29.1 Å². The summed E-state index contributed by atoms with van der Waals surface area (Å²) in [7, 11) is 0. The van der Waals surface area contributed by atoms with Gasteiger partial charge in [0.15, 0.2) is 0 Å². The molecule has 0 aliphatic heterocycles. The van der Waals surface area contributed by atoms with Crippen molar-refractivity contribution in [3.63, 3.8) is 0 Å². The topological polar surface area (TPSA) is 172 Å². The van der Waals surface area contributed by atoms with Gasteiger partial charge in [0, 0.05) is 12.5 Å². The summed E-state index contributed by atoms with van der Waals surface area (Å²) in [5.74, 6) is -2.68. The van der Waals surface area contributed by atoms with Crippen molar-refractivity contribution >= 4 is 30.0 Å². The van der Waals surface area contributed by atoms with E-state index >= 15 is 0 Å². The van der Waals surface area contributed by atoms with Crippen molar-refractivity contribution in [1.82, 2.24) is 21.3 Å². The summed E-state index contributed by atoms with van der Waals surface area (Å²) in [5.41, 5.74) is 3.69. The molecule has 0 bridgehead atoms. The summed E-state index contributed by atoms with van der Waals surface area (Å²) in [6.07, 6.45) is -0.331. The molecule has 44 heavy (non-hydrogen) atoms. The predicted octanol–water partition coefficient (Wildman–Crippen LogP) is 3.68. The monoisotopic (exact) mass is 610 g/mol. The maximum atomic E-state index is 12.7. The molecule has 4 amide bonds. The lowest BCUT2D eigenvalue weighted by molar-refractivity contribution is -0.142. The van der Waals surface area contributed by atoms with Gasteiger partial charge in [-0.1, -0.05) is 48.5 Å². The normalized spacial score (nSPS) is 14.2. The Morgan fingerprint density at radius 3 is 1.91 bits per heavy atom. The summed E-state index contributed by atoms with van der Waals surface area (Å²) in [4.78, 5) is 61.2. The summed E-state index contributed by atoms with van der Waals surface area (Å²) in [6.45, 7) is 8.48. The van der Waals surface area contributed by atoms with Gasteiger partial charge < -0.3 is 35.8 Å². The first-order chi connectivity index (χ1) is 20.8. The van der Waals surface area contributed by atoms with Gasteiger partial charge in [0.2, 0.25) is 11.8 Å². The number of carboxylic acids is 1. The van der Waals surface area contributed by atoms with Gasteiger partial charge in [0.25, 0.3) is 0 Å². The van der Waals surface area contributed by atoms with Crippen molar-refractivity contribution in [2.75, 3.05) is 13.2 Å². The molecule has 12 heteroatoms. The Bertz CT molecular complexity index is 1310. The number of amides is 4. The number of aliphatic carboxylic acids is 1. The van der Waals surface area contributed by atoms with Crippen LogP contribution in [0.4, 0.5) is 9.59 Å². The van der Waals surface area contributed by atoms with Crippen LogP contribution in [0.15, 0.2) is 48.5 Å². The highest BCUT2D eigenvalue weighted by molar-refractivity contribution is 5.92. The van der Waals surface area contributed by atoms with Crippen LogP contribution >= 0.6 is 0 Å². The van der Waals surface area contributed by atoms with E-state index in [2.05, 4.69) is 21.3 Å². The fourth-order valence-electron chi connectivity index (χ4n) is 4.82. The average Bonchev–Trinajstić information content (AvgIpc) is 3.27. The Morgan fingerprint density at radius 1 is 0.795 bits per heavy atom. The lowest BCUT2D eigenvalue weighted by atomic mass is 9.98. The quantitative estimate of drug-likeness (QED) is 0.214. The van der Waals surface area contributed by atoms with Gasteiger partial charge >= 0.3 is 18.2 Å². The number of carboxylic acid groups (broad SMARTS) is 1. The number of rotatable bonds is 13. The fourth-order valence-corrected chi connectivity index (χ4v) is 4.82. The van der Waals surface area contributed by atoms with Crippen LogP contribution < -0.4 is 21.3 Å². The minimum absolute atomic E-state index is 0.0840. The standard InChI is InChI=1S/C32H42N4O8/c1-19(28(38)36-26(29(39)40)16-10-11-17-33-30(41)44-32(3,4)5)34-27(37)20(2)35-31(42)43-18-25-23-14-8-6-12-21(23)22-13-7-9-15-24(22)25/h6-9,12-15,19-20,25-26H,10-11,16-18H2,1-5H3,(H,33,41)(H,34,37)(H,35,42)(H,36,38)(H,39,40)/t19-,20-,26-/m0/s1. The second-order valence-electron chi connectivity index (χ2n) is 11.7. The molecule has 2 aromatic rings. The van der Waals surface area contributed by atoms with E-state index < -0.39 is 53.7 Å². The van der Waals surface area contributed by atoms with E-state index in [1.165, 1.54) is 13.8 Å². The van der Waals surface area contributed by atoms with Crippen LogP contribution in [0.1, 0.15) is 70.9 Å². The van der Waals surface area contributed by atoms with Crippen molar-refractivity contribution in [3.05, 3.63) is 59.7 Å². The Hall–Kier alpha value is -4.61. The van der Waals surface area contributed by atoms with Crippen molar-refractivity contribution in [2.45, 2.75) is 83.5 Å². The van der Waals surface area contributed by atoms with Gasteiger partial charge in [-0.25, -0.2) is 14.4 Å². The van der Waals surface area contributed by atoms with Crippen LogP contribution in [0, 0.1) is 0 Å². The molecule has 238 valence electrons. The molecular weight excluding hydrogens is 568 g/mol. The summed E-state index contributed by atoms with van der Waals surface area (Å²) in [5, 5.41) is 19.5. The number of hydrogen-bond acceptors (Lipinski definition) is 7. The van der Waals surface area contributed by atoms with E-state index in [0.717, 1.165) is 22.3 Å². The molecule has 0 saturated carbocycles. The molecule has 3 atom stereocenters. The van der Waals surface area contributed by atoms with E-state index in [-0.39, 0.29) is 25.5 Å². The number of alkyl carbamates (subject to hydrolysis) is 2. The zero-order valence-electron chi connectivity index (χ0n) is 25.8. The maximum absolute atomic E-state index is 12.7. The Labute approximate surface area is 257 Å². The number of carbonyl (C=O) groups excluding carboxylic acids is 4. The minimum Gasteiger partial charge on any atom is -0.480 e. The Morgan fingerprint density at radius 2 is 1.34 bits per heavy atom. The molecule has 0 spiro atoms. The van der Waals surface area contributed by atoms with Crippen LogP contribution in [0.5, 0.6) is 0 Å². The summed E-state index contributed by atoms with van der Waals surface area (Å²) in [6, 6.07) is 12.6. The minimum atomic E-state index is -1.22. The third-order valence-corrected chi connectivity index (χ3v) is 7.03. The zero-order valence-corrected chi connectivity index (χ0v) is 25.8. The number of hydrogen-bond donors (Lipinski definition) is 5. The molecule has 0 heterocycles. The number of fused-ring (bicyclic) bond motifs is 3. The molecule has 0 fully saturated rings. The van der Waals surface area contributed by atoms with E-state index in [1.807, 2.05) is 48.5 Å². The third kappa shape index (κ3) is 9.72. The summed E-state index contributed by atoms with van der Waals surface area (Å²) >= 11 is 0. The lowest BCUT2D eigenvalue weighted by Gasteiger charge is -2.21. The highest BCUT2D eigenvalue weighted by atomic mass is 16.6. The van der Waals surface area contributed by atoms with Crippen LogP contribution in [0.25, 0.3) is 11.1 Å². The molecule has 0 radical (unpaired) electrons. The van der Waals surface area contributed by atoms with Crippen molar-refractivity contribution in [3.8, 4) is 11.1 Å². The van der Waals surface area contributed by atoms with E-state index in [4.69, 9.17) is 9.47 Å². The number of nitrogens with one attached hydrogen (secondary N) is 4. The lowest BCUT2D eigenvalue weighted by Crippen LogP contribution is -2.54. The fraction of sp³-hybridized carbons (Fsp3) is 0.469. The van der Waals surface area contributed by atoms with Gasteiger partial charge in [0.05, 0.1) is 0 Å². The molecule has 1 aliphatic carbocycles. The van der Waals surface area contributed by atoms with Crippen molar-refractivity contribution < 1.29 is 38.6 Å². The number of ether oxygens (including phenoxy) is 2. The first-order valence-electron chi connectivity index (χ1n) is 14.7. The summed E-state index contributed by atoms with van der Waals surface area (Å²) < 4.78 is 10.6. The van der Waals surface area contributed by atoms with Crippen LogP contribution in [0.3, 0.4) is 0 Å². The van der Waals surface area contributed by atoms with Gasteiger partial charge in [-0.3, -0.25) is 9.59 Å². The van der Waals surface area contributed by atoms with Gasteiger partial charge in [0.1, 0.15) is 30.3 Å². The molecule has 5 N–H and O–H groups in total. The van der Waals surface area contributed by atoms with Crippen LogP contribution in [-0.2, 0) is 23.9 Å². The second kappa shape index (κ2) is 15.2. The largest absolute Gasteiger partial charge is 0.480 e. The first-order valence-corrected chi connectivity index (χ1v) is 14.7. The first kappa shape index (κ1) is 33.9. The van der Waals surface area contributed by atoms with Crippen LogP contribution in [-0.4, -0.2) is 72.0 Å². The molecule has 1 aliphatic rings. The predicted molar refractivity (Wildman–Crippen MR) is 163 cm³/mol. The van der Waals surface area contributed by atoms with Gasteiger partial charge in [-0.2, -0.15) is 0 Å². The van der Waals surface area contributed by atoms with Crippen molar-refractivity contribution in [2.24, 2.45) is 0 Å². The number of carbonyl (C=O) groups is 5. The molecule has 0 unspecified atom stereocenters. The molecule has 12 nitrogen and oxygen atoms in total. The molecule has 3 rings (SSSR count). The molecule has 0 saturated heterocycles. The smallest absolute Gasteiger partial charge is 0.407 e. The molecule has 0 aromatic heterocycles. The SMILES string of the molecule is C[C@H](NC(=O)OCC1c2ccccc2-c2ccccc21)C(=O)N[C@@H](C)C(=O)N[C@@H](CCCCNC(=O)OC(C)(C)C)C(=O)O. The number of unbranched alkanes of at least 4 members (excludes halogenated alkanes) is 1.